The molecule has 3 aromatic carbocycles. The molecule has 2 aliphatic heterocycles. The zero-order valence-electron chi connectivity index (χ0n) is 21.2. The number of benzene rings is 3. The van der Waals surface area contributed by atoms with E-state index in [-0.39, 0.29) is 29.7 Å². The van der Waals surface area contributed by atoms with Crippen LogP contribution < -0.4 is 15.5 Å². The van der Waals surface area contributed by atoms with Crippen molar-refractivity contribution in [3.63, 3.8) is 0 Å². The lowest BCUT2D eigenvalue weighted by molar-refractivity contribution is -0.121. The van der Waals surface area contributed by atoms with Gasteiger partial charge < -0.3 is 20.5 Å². The second-order valence-corrected chi connectivity index (χ2v) is 9.85. The first kappa shape index (κ1) is 26.6. The number of amidine groups is 1. The van der Waals surface area contributed by atoms with Crippen LogP contribution in [0.2, 0.25) is 0 Å². The lowest BCUT2D eigenvalue weighted by Gasteiger charge is -2.16. The number of amides is 3. The van der Waals surface area contributed by atoms with Crippen LogP contribution in [0.5, 0.6) is 5.75 Å². The Bertz CT molecular complexity index is 1550. The minimum Gasteiger partial charge on any atom is -0.508 e. The summed E-state index contributed by atoms with van der Waals surface area (Å²) in [6, 6.07) is 19.2. The van der Waals surface area contributed by atoms with E-state index in [1.54, 1.807) is 55.5 Å². The van der Waals surface area contributed by atoms with E-state index in [4.69, 9.17) is 4.74 Å². The molecule has 1 unspecified atom stereocenters. The summed E-state index contributed by atoms with van der Waals surface area (Å²) in [7, 11) is 0. The molecule has 40 heavy (non-hydrogen) atoms. The first-order valence-electron chi connectivity index (χ1n) is 12.3. The molecule has 3 N–H and O–H groups in total. The van der Waals surface area contributed by atoms with Crippen LogP contribution in [0.3, 0.4) is 0 Å². The van der Waals surface area contributed by atoms with Crippen LogP contribution in [-0.2, 0) is 19.1 Å². The van der Waals surface area contributed by atoms with Crippen molar-refractivity contribution < 1.29 is 29.0 Å². The van der Waals surface area contributed by atoms with Crippen molar-refractivity contribution in [1.29, 1.82) is 0 Å². The number of hydrogen-bond donors (Lipinski definition) is 3. The number of anilines is 3. The van der Waals surface area contributed by atoms with E-state index in [0.29, 0.717) is 28.2 Å². The minimum atomic E-state index is -0.823. The van der Waals surface area contributed by atoms with Crippen LogP contribution in [-0.4, -0.2) is 51.5 Å². The normalized spacial score (nSPS) is 18.1. The van der Waals surface area contributed by atoms with Crippen molar-refractivity contribution >= 4 is 63.4 Å². The number of esters is 1. The molecule has 0 spiro atoms. The first-order chi connectivity index (χ1) is 19.3. The average Bonchev–Trinajstić information content (AvgIpc) is 3.43. The highest BCUT2D eigenvalue weighted by atomic mass is 32.2. The molecule has 1 atom stereocenters. The summed E-state index contributed by atoms with van der Waals surface area (Å²) in [6.07, 6.45) is -0.170. The van der Waals surface area contributed by atoms with E-state index in [1.807, 2.05) is 0 Å². The monoisotopic (exact) mass is 557 g/mol. The topological polar surface area (TPSA) is 150 Å². The number of carbonyl (C=O) groups excluding carboxylic acids is 4. The Hall–Kier alpha value is -4.97. The van der Waals surface area contributed by atoms with E-state index in [9.17, 15) is 24.3 Å². The molecule has 3 aromatic rings. The van der Waals surface area contributed by atoms with Gasteiger partial charge in [0, 0.05) is 17.7 Å². The van der Waals surface area contributed by atoms with Gasteiger partial charge in [-0.05, 0) is 61.5 Å². The number of nitrogens with zero attached hydrogens (tertiary/aromatic N) is 3. The van der Waals surface area contributed by atoms with Crippen LogP contribution in [0.25, 0.3) is 0 Å². The molecule has 0 saturated carbocycles. The van der Waals surface area contributed by atoms with Crippen molar-refractivity contribution in [2.24, 2.45) is 10.2 Å². The number of rotatable bonds is 7. The maximum atomic E-state index is 13.4. The Labute approximate surface area is 232 Å². The van der Waals surface area contributed by atoms with E-state index in [0.717, 1.165) is 11.8 Å². The van der Waals surface area contributed by atoms with Crippen LogP contribution in [0.4, 0.5) is 17.1 Å². The summed E-state index contributed by atoms with van der Waals surface area (Å²) >= 11 is 1.05. The van der Waals surface area contributed by atoms with E-state index >= 15 is 0 Å². The molecule has 1 fully saturated rings. The van der Waals surface area contributed by atoms with Crippen LogP contribution >= 0.6 is 11.8 Å². The van der Waals surface area contributed by atoms with Crippen molar-refractivity contribution in [3.8, 4) is 5.75 Å². The molecule has 2 heterocycles. The number of nitrogens with one attached hydrogen (secondary N) is 2. The zero-order valence-corrected chi connectivity index (χ0v) is 22.0. The highest BCUT2D eigenvalue weighted by molar-refractivity contribution is 8.16. The van der Waals surface area contributed by atoms with Gasteiger partial charge in [-0.1, -0.05) is 30.0 Å². The number of para-hydroxylation sites is 1. The Morgan fingerprint density at radius 1 is 1.02 bits per heavy atom. The number of fused-ring (bicyclic) bond motifs is 1. The van der Waals surface area contributed by atoms with Gasteiger partial charge in [-0.25, -0.2) is 4.79 Å². The van der Waals surface area contributed by atoms with Crippen LogP contribution in [0.15, 0.2) is 83.0 Å². The van der Waals surface area contributed by atoms with Crippen LogP contribution in [0, 0.1) is 0 Å². The van der Waals surface area contributed by atoms with Gasteiger partial charge >= 0.3 is 5.97 Å². The largest absolute Gasteiger partial charge is 0.508 e. The molecule has 5 rings (SSSR count). The Morgan fingerprint density at radius 2 is 1.75 bits per heavy atom. The zero-order chi connectivity index (χ0) is 28.2. The van der Waals surface area contributed by atoms with Gasteiger partial charge in [0.1, 0.15) is 11.0 Å². The average molecular weight is 558 g/mol. The smallest absolute Gasteiger partial charge is 0.338 e. The fourth-order valence-electron chi connectivity index (χ4n) is 4.08. The fraction of sp³-hybridized carbons (Fsp3) is 0.143. The van der Waals surface area contributed by atoms with Gasteiger partial charge in [-0.3, -0.25) is 19.3 Å². The molecule has 0 bridgehead atoms. The molecule has 0 aliphatic carbocycles. The van der Waals surface area contributed by atoms with Gasteiger partial charge in [0.05, 0.1) is 23.5 Å². The maximum Gasteiger partial charge on any atom is 0.338 e. The number of ether oxygens (including phenoxy) is 1. The summed E-state index contributed by atoms with van der Waals surface area (Å²) in [6.45, 7) is 1.97. The SMILES string of the molecule is CCOC(=O)c1ccc(NC(=O)CC2SC(=N/N=C3\C(=O)Nc4ccccc43)N(c3ccc(O)cc3)C2=O)cc1. The molecular formula is C28H23N5O6S. The minimum absolute atomic E-state index is 0.0194. The van der Waals surface area contributed by atoms with Gasteiger partial charge in [-0.15, -0.1) is 10.2 Å². The summed E-state index contributed by atoms with van der Waals surface area (Å²) < 4.78 is 4.96. The Morgan fingerprint density at radius 3 is 2.48 bits per heavy atom. The Balaban J connectivity index is 1.36. The van der Waals surface area contributed by atoms with Crippen LogP contribution in [0.1, 0.15) is 29.3 Å². The molecule has 0 radical (unpaired) electrons. The summed E-state index contributed by atoms with van der Waals surface area (Å²) in [5.41, 5.74) is 2.54. The summed E-state index contributed by atoms with van der Waals surface area (Å²) in [5.74, 6) is -1.68. The predicted molar refractivity (Wildman–Crippen MR) is 152 cm³/mol. The highest BCUT2D eigenvalue weighted by Gasteiger charge is 2.40. The molecule has 12 heteroatoms. The van der Waals surface area contributed by atoms with Crippen molar-refractivity contribution in [2.75, 3.05) is 22.1 Å². The maximum absolute atomic E-state index is 13.4. The van der Waals surface area contributed by atoms with E-state index < -0.39 is 28.9 Å². The third kappa shape index (κ3) is 5.57. The van der Waals surface area contributed by atoms with Gasteiger partial charge in [0.15, 0.2) is 10.9 Å². The lowest BCUT2D eigenvalue weighted by Crippen LogP contribution is -2.33. The van der Waals surface area contributed by atoms with E-state index in [1.165, 1.54) is 29.2 Å². The molecule has 3 amide bonds. The number of hydrogen-bond acceptors (Lipinski definition) is 9. The number of phenols is 1. The third-order valence-corrected chi connectivity index (χ3v) is 7.10. The molecule has 2 aliphatic rings. The predicted octanol–water partition coefficient (Wildman–Crippen LogP) is 3.76. The van der Waals surface area contributed by atoms with Crippen molar-refractivity contribution in [1.82, 2.24) is 0 Å². The van der Waals surface area contributed by atoms with E-state index in [2.05, 4.69) is 20.8 Å². The number of aromatic hydroxyl groups is 1. The third-order valence-electron chi connectivity index (χ3n) is 5.97. The highest BCUT2D eigenvalue weighted by Crippen LogP contribution is 2.35. The van der Waals surface area contributed by atoms with Gasteiger partial charge in [0.2, 0.25) is 11.8 Å². The summed E-state index contributed by atoms with van der Waals surface area (Å²) in [5, 5.41) is 22.9. The van der Waals surface area contributed by atoms with Crippen molar-refractivity contribution in [2.45, 2.75) is 18.6 Å². The standard InChI is InChI=1S/C28H23N5O6S/c1-2-39-27(38)16-7-9-17(10-8-16)29-23(35)15-22-26(37)33(18-11-13-19(34)14-12-18)28(40-22)32-31-24-20-5-3-4-6-21(20)30-25(24)36/h3-14,22,34H,2,15H2,1H3,(H,29,35)(H,30,31,36). The molecule has 1 saturated heterocycles. The van der Waals surface area contributed by atoms with Gasteiger partial charge in [-0.2, -0.15) is 0 Å². The van der Waals surface area contributed by atoms with Gasteiger partial charge in [0.25, 0.3) is 5.91 Å². The molecule has 11 nitrogen and oxygen atoms in total. The fourth-order valence-corrected chi connectivity index (χ4v) is 5.17. The van der Waals surface area contributed by atoms with Crippen molar-refractivity contribution in [3.05, 3.63) is 83.9 Å². The second-order valence-electron chi connectivity index (χ2n) is 8.68. The first-order valence-corrected chi connectivity index (χ1v) is 13.1. The lowest BCUT2D eigenvalue weighted by atomic mass is 10.1. The number of phenolic OH excluding ortho intramolecular Hbond substituents is 1. The molecule has 202 valence electrons. The number of thioether (sulfide) groups is 1. The molecular weight excluding hydrogens is 534 g/mol. The summed E-state index contributed by atoms with van der Waals surface area (Å²) in [4.78, 5) is 51.9. The Kier molecular flexibility index (Phi) is 7.60. The quantitative estimate of drug-likeness (QED) is 0.296. The second kappa shape index (κ2) is 11.4. The number of carbonyl (C=O) groups is 4. The molecule has 0 aromatic heterocycles.